The molecule has 2 heteroatoms. The highest BCUT2D eigenvalue weighted by Crippen LogP contribution is 2.10. The Kier molecular flexibility index (Phi) is 4.20. The van der Waals surface area contributed by atoms with Crippen LogP contribution in [0.3, 0.4) is 0 Å². The van der Waals surface area contributed by atoms with Gasteiger partial charge in [-0.15, -0.1) is 0 Å². The van der Waals surface area contributed by atoms with E-state index < -0.39 is 0 Å². The van der Waals surface area contributed by atoms with Crippen molar-refractivity contribution in [2.24, 2.45) is 0 Å². The van der Waals surface area contributed by atoms with E-state index in [-0.39, 0.29) is 0 Å². The minimum absolute atomic E-state index is 0.980. The minimum atomic E-state index is 0.980. The van der Waals surface area contributed by atoms with E-state index >= 15 is 0 Å². The smallest absolute Gasteiger partial charge is 0.0636 e. The van der Waals surface area contributed by atoms with Crippen molar-refractivity contribution in [3.63, 3.8) is 0 Å². The van der Waals surface area contributed by atoms with Crippen molar-refractivity contribution in [3.05, 3.63) is 41.5 Å². The molecular formula is C12H17NO. The third kappa shape index (κ3) is 3.62. The van der Waals surface area contributed by atoms with Crippen LogP contribution in [0.5, 0.6) is 0 Å². The van der Waals surface area contributed by atoms with Gasteiger partial charge in [-0.3, -0.25) is 10.3 Å². The van der Waals surface area contributed by atoms with Gasteiger partial charge in [-0.1, -0.05) is 23.8 Å². The molecule has 0 atom stereocenters. The maximum atomic E-state index is 4.80. The molecule has 0 aliphatic carbocycles. The van der Waals surface area contributed by atoms with Crippen LogP contribution >= 0.6 is 0 Å². The number of anilines is 1. The van der Waals surface area contributed by atoms with Gasteiger partial charge in [0.25, 0.3) is 0 Å². The second-order valence-electron chi connectivity index (χ2n) is 3.49. The first-order chi connectivity index (χ1) is 6.72. The lowest BCUT2D eigenvalue weighted by atomic mass is 10.1. The molecule has 0 bridgehead atoms. The minimum Gasteiger partial charge on any atom is -0.279 e. The number of allylic oxidation sites excluding steroid dienone is 2. The fourth-order valence-electron chi connectivity index (χ4n) is 1.15. The fraction of sp³-hybridized carbons (Fsp3) is 0.333. The molecule has 0 spiro atoms. The molecule has 14 heavy (non-hydrogen) atoms. The fourth-order valence-corrected chi connectivity index (χ4v) is 1.15. The summed E-state index contributed by atoms with van der Waals surface area (Å²) in [6.07, 6.45) is 3.22. The zero-order chi connectivity index (χ0) is 10.4. The van der Waals surface area contributed by atoms with Crippen LogP contribution in [0.2, 0.25) is 0 Å². The number of hydrogen-bond acceptors (Lipinski definition) is 2. The van der Waals surface area contributed by atoms with Gasteiger partial charge in [-0.05, 0) is 38.0 Å². The summed E-state index contributed by atoms with van der Waals surface area (Å²) >= 11 is 0. The summed E-state index contributed by atoms with van der Waals surface area (Å²) in [6, 6.07) is 8.22. The molecule has 0 aliphatic heterocycles. The van der Waals surface area contributed by atoms with Crippen molar-refractivity contribution in [2.75, 3.05) is 12.6 Å². The second kappa shape index (κ2) is 5.45. The highest BCUT2D eigenvalue weighted by Gasteiger charge is 1.92. The number of hydrogen-bond donors (Lipinski definition) is 1. The van der Waals surface area contributed by atoms with Gasteiger partial charge < -0.3 is 0 Å². The Morgan fingerprint density at radius 2 is 1.93 bits per heavy atom. The summed E-state index contributed by atoms with van der Waals surface area (Å²) in [4.78, 5) is 4.80. The van der Waals surface area contributed by atoms with E-state index in [1.807, 2.05) is 12.1 Å². The molecule has 0 unspecified atom stereocenters. The standard InChI is InChI=1S/C12H17NO/c1-10(2)4-5-11-6-8-12(9-7-11)13-14-3/h4,6-9,13H,5H2,1-3H3. The average Bonchev–Trinajstić information content (AvgIpc) is 2.17. The second-order valence-corrected chi connectivity index (χ2v) is 3.49. The molecule has 76 valence electrons. The summed E-state index contributed by atoms with van der Waals surface area (Å²) in [6.45, 7) is 4.22. The summed E-state index contributed by atoms with van der Waals surface area (Å²) in [5.74, 6) is 0. The summed E-state index contributed by atoms with van der Waals surface area (Å²) in [7, 11) is 1.61. The normalized spacial score (nSPS) is 9.64. The van der Waals surface area contributed by atoms with Gasteiger partial charge in [0.1, 0.15) is 0 Å². The monoisotopic (exact) mass is 191 g/mol. The molecular weight excluding hydrogens is 174 g/mol. The van der Waals surface area contributed by atoms with E-state index in [1.54, 1.807) is 7.11 Å². The summed E-state index contributed by atoms with van der Waals surface area (Å²) < 4.78 is 0. The van der Waals surface area contributed by atoms with Crippen molar-refractivity contribution in [1.82, 2.24) is 0 Å². The number of benzene rings is 1. The highest BCUT2D eigenvalue weighted by molar-refractivity contribution is 5.42. The average molecular weight is 191 g/mol. The van der Waals surface area contributed by atoms with Gasteiger partial charge in [0.2, 0.25) is 0 Å². The quantitative estimate of drug-likeness (QED) is 0.583. The number of rotatable bonds is 4. The Hall–Kier alpha value is -1.28. The van der Waals surface area contributed by atoms with E-state index in [0.717, 1.165) is 12.1 Å². The third-order valence-electron chi connectivity index (χ3n) is 1.92. The molecule has 1 N–H and O–H groups in total. The molecule has 0 radical (unpaired) electrons. The van der Waals surface area contributed by atoms with Crippen LogP contribution in [-0.4, -0.2) is 7.11 Å². The maximum absolute atomic E-state index is 4.80. The molecule has 0 fully saturated rings. The molecule has 0 saturated carbocycles. The first-order valence-electron chi connectivity index (χ1n) is 4.73. The Morgan fingerprint density at radius 1 is 1.29 bits per heavy atom. The van der Waals surface area contributed by atoms with E-state index in [9.17, 15) is 0 Å². The summed E-state index contributed by atoms with van der Waals surface area (Å²) in [5.41, 5.74) is 6.43. The van der Waals surface area contributed by atoms with Crippen LogP contribution < -0.4 is 5.48 Å². The lowest BCUT2D eigenvalue weighted by Gasteiger charge is -2.03. The molecule has 0 heterocycles. The Morgan fingerprint density at radius 3 is 2.43 bits per heavy atom. The van der Waals surface area contributed by atoms with Crippen LogP contribution in [-0.2, 0) is 11.3 Å². The van der Waals surface area contributed by atoms with Crippen LogP contribution in [0.15, 0.2) is 35.9 Å². The van der Waals surface area contributed by atoms with Crippen molar-refractivity contribution in [1.29, 1.82) is 0 Å². The van der Waals surface area contributed by atoms with Gasteiger partial charge in [-0.25, -0.2) is 0 Å². The Balaban J connectivity index is 2.59. The van der Waals surface area contributed by atoms with Crippen molar-refractivity contribution >= 4 is 5.69 Å². The third-order valence-corrected chi connectivity index (χ3v) is 1.92. The molecule has 2 nitrogen and oxygen atoms in total. The van der Waals surface area contributed by atoms with E-state index in [1.165, 1.54) is 11.1 Å². The van der Waals surface area contributed by atoms with Gasteiger partial charge in [-0.2, -0.15) is 0 Å². The summed E-state index contributed by atoms with van der Waals surface area (Å²) in [5, 5.41) is 0. The predicted molar refractivity (Wildman–Crippen MR) is 60.2 cm³/mol. The van der Waals surface area contributed by atoms with E-state index in [2.05, 4.69) is 37.5 Å². The van der Waals surface area contributed by atoms with Crippen LogP contribution in [0.25, 0.3) is 0 Å². The molecule has 1 rings (SSSR count). The topological polar surface area (TPSA) is 21.3 Å². The van der Waals surface area contributed by atoms with E-state index in [4.69, 9.17) is 4.84 Å². The lowest BCUT2D eigenvalue weighted by Crippen LogP contribution is -1.95. The molecule has 0 aliphatic rings. The van der Waals surface area contributed by atoms with Crippen molar-refractivity contribution < 1.29 is 4.84 Å². The molecule has 1 aromatic carbocycles. The number of nitrogens with one attached hydrogen (secondary N) is 1. The molecule has 1 aromatic rings. The SMILES string of the molecule is CONc1ccc(CC=C(C)C)cc1. The zero-order valence-corrected chi connectivity index (χ0v) is 9.00. The highest BCUT2D eigenvalue weighted by atomic mass is 16.6. The maximum Gasteiger partial charge on any atom is 0.0636 e. The van der Waals surface area contributed by atoms with Crippen LogP contribution in [0, 0.1) is 0 Å². The Bertz CT molecular complexity index is 297. The van der Waals surface area contributed by atoms with Crippen molar-refractivity contribution in [3.8, 4) is 0 Å². The first kappa shape index (κ1) is 10.8. The zero-order valence-electron chi connectivity index (χ0n) is 9.00. The first-order valence-corrected chi connectivity index (χ1v) is 4.73. The van der Waals surface area contributed by atoms with Crippen LogP contribution in [0.4, 0.5) is 5.69 Å². The Labute approximate surface area is 85.5 Å². The molecule has 0 saturated heterocycles. The van der Waals surface area contributed by atoms with Gasteiger partial charge in [0, 0.05) is 0 Å². The lowest BCUT2D eigenvalue weighted by molar-refractivity contribution is 0.271. The van der Waals surface area contributed by atoms with Gasteiger partial charge >= 0.3 is 0 Å². The van der Waals surface area contributed by atoms with Gasteiger partial charge in [0.05, 0.1) is 12.8 Å². The van der Waals surface area contributed by atoms with Crippen molar-refractivity contribution in [2.45, 2.75) is 20.3 Å². The van der Waals surface area contributed by atoms with E-state index in [0.29, 0.717) is 0 Å². The van der Waals surface area contributed by atoms with Gasteiger partial charge in [0.15, 0.2) is 0 Å². The largest absolute Gasteiger partial charge is 0.279 e. The molecule has 0 aromatic heterocycles. The molecule has 0 amide bonds. The van der Waals surface area contributed by atoms with Crippen LogP contribution in [0.1, 0.15) is 19.4 Å². The predicted octanol–water partition coefficient (Wildman–Crippen LogP) is 3.17.